The second-order valence-electron chi connectivity index (χ2n) is 6.43. The Morgan fingerprint density at radius 3 is 3.00 bits per heavy atom. The summed E-state index contributed by atoms with van der Waals surface area (Å²) in [5.41, 5.74) is 1.73. The van der Waals surface area contributed by atoms with E-state index in [9.17, 15) is 18.0 Å². The summed E-state index contributed by atoms with van der Waals surface area (Å²) < 4.78 is 37.0. The number of hydrogen-bond donors (Lipinski definition) is 1. The predicted octanol–water partition coefficient (Wildman–Crippen LogP) is 3.54. The minimum Gasteiger partial charge on any atom is -0.346 e. The van der Waals surface area contributed by atoms with Crippen LogP contribution in [0.1, 0.15) is 25.7 Å². The molecule has 5 nitrogen and oxygen atoms in total. The van der Waals surface area contributed by atoms with E-state index in [1.807, 2.05) is 35.4 Å². The van der Waals surface area contributed by atoms with E-state index >= 15 is 0 Å². The first-order valence-electron chi connectivity index (χ1n) is 8.35. The van der Waals surface area contributed by atoms with E-state index in [1.165, 1.54) is 0 Å². The number of hydrogen-bond acceptors (Lipinski definition) is 4. The topological polar surface area (TPSA) is 52.2 Å². The van der Waals surface area contributed by atoms with Crippen molar-refractivity contribution >= 4 is 22.5 Å². The van der Waals surface area contributed by atoms with E-state index < -0.39 is 19.0 Å². The van der Waals surface area contributed by atoms with Gasteiger partial charge < -0.3 is 9.99 Å². The van der Waals surface area contributed by atoms with Gasteiger partial charge in [-0.1, -0.05) is 0 Å². The van der Waals surface area contributed by atoms with Crippen LogP contribution in [-0.2, 0) is 4.79 Å². The maximum atomic E-state index is 12.3. The van der Waals surface area contributed by atoms with Crippen LogP contribution in [0.25, 0.3) is 11.0 Å². The van der Waals surface area contributed by atoms with Crippen molar-refractivity contribution in [3.63, 3.8) is 0 Å². The number of alkyl halides is 3. The van der Waals surface area contributed by atoms with Crippen molar-refractivity contribution in [2.45, 2.75) is 31.9 Å². The second kappa shape index (κ2) is 7.03. The van der Waals surface area contributed by atoms with E-state index in [0.29, 0.717) is 13.0 Å². The van der Waals surface area contributed by atoms with Crippen LogP contribution in [0, 0.1) is 5.92 Å². The molecule has 1 N–H and O–H groups in total. The molecule has 0 saturated carbocycles. The summed E-state index contributed by atoms with van der Waals surface area (Å²) in [4.78, 5) is 19.5. The van der Waals surface area contributed by atoms with Crippen LogP contribution in [0.2, 0.25) is 0 Å². The van der Waals surface area contributed by atoms with Gasteiger partial charge in [0.25, 0.3) is 0 Å². The molecule has 25 heavy (non-hydrogen) atoms. The monoisotopic (exact) mass is 354 g/mol. The summed E-state index contributed by atoms with van der Waals surface area (Å²) in [5, 5.41) is 4.97. The number of nitrogens with one attached hydrogen (secondary N) is 1. The van der Waals surface area contributed by atoms with Crippen molar-refractivity contribution in [3.8, 4) is 0 Å². The lowest BCUT2D eigenvalue weighted by atomic mass is 9.92. The first-order chi connectivity index (χ1) is 11.8. The fraction of sp³-hybridized carbons (Fsp3) is 0.529. The molecule has 2 aromatic rings. The Morgan fingerprint density at radius 1 is 1.44 bits per heavy atom. The Kier molecular flexibility index (Phi) is 4.99. The number of nitrogens with zero attached hydrogens (tertiary/aromatic N) is 3. The zero-order chi connectivity index (χ0) is 18.0. The number of carbonyl (C=O) groups excluding carboxylic acids is 1. The molecule has 1 atom stereocenters. The number of anilines is 1. The van der Waals surface area contributed by atoms with Crippen LogP contribution in [0.15, 0.2) is 24.5 Å². The molecule has 3 rings (SSSR count). The van der Waals surface area contributed by atoms with Crippen molar-refractivity contribution < 1.29 is 18.0 Å². The number of carbonyl (C=O) groups is 1. The molecule has 3 heterocycles. The molecule has 0 bridgehead atoms. The van der Waals surface area contributed by atoms with Crippen LogP contribution >= 0.6 is 0 Å². The zero-order valence-electron chi connectivity index (χ0n) is 14.0. The van der Waals surface area contributed by atoms with E-state index in [1.54, 1.807) is 6.20 Å². The first-order valence-corrected chi connectivity index (χ1v) is 8.35. The van der Waals surface area contributed by atoms with E-state index in [2.05, 4.69) is 9.97 Å². The molecular weight excluding hydrogens is 333 g/mol. The summed E-state index contributed by atoms with van der Waals surface area (Å²) in [6.07, 6.45) is -0.784. The maximum Gasteiger partial charge on any atom is 0.389 e. The van der Waals surface area contributed by atoms with Crippen LogP contribution in [0.5, 0.6) is 0 Å². The van der Waals surface area contributed by atoms with Crippen LogP contribution in [0.4, 0.5) is 18.9 Å². The number of fused-ring (bicyclic) bond motifs is 1. The Morgan fingerprint density at radius 2 is 2.24 bits per heavy atom. The number of pyridine rings is 1. The summed E-state index contributed by atoms with van der Waals surface area (Å²) >= 11 is 0. The number of piperidine rings is 1. The molecular formula is C17H21F3N4O. The van der Waals surface area contributed by atoms with Crippen LogP contribution < -0.4 is 5.01 Å². The Hall–Kier alpha value is -2.09. The predicted molar refractivity (Wildman–Crippen MR) is 89.1 cm³/mol. The van der Waals surface area contributed by atoms with Gasteiger partial charge in [0, 0.05) is 50.3 Å². The van der Waals surface area contributed by atoms with Crippen LogP contribution in [0.3, 0.4) is 0 Å². The highest BCUT2D eigenvalue weighted by atomic mass is 19.4. The third-order valence-corrected chi connectivity index (χ3v) is 4.72. The Bertz CT molecular complexity index is 743. The van der Waals surface area contributed by atoms with Crippen molar-refractivity contribution in [1.29, 1.82) is 0 Å². The van der Waals surface area contributed by atoms with E-state index in [0.717, 1.165) is 29.7 Å². The highest BCUT2D eigenvalue weighted by Gasteiger charge is 2.32. The summed E-state index contributed by atoms with van der Waals surface area (Å²) in [6, 6.07) is 3.83. The van der Waals surface area contributed by atoms with E-state index in [4.69, 9.17) is 0 Å². The average molecular weight is 354 g/mol. The number of aromatic nitrogens is 2. The SMILES string of the molecule is CN(c1ccnc2[nH]ccc12)N1CCCC(C(=O)CCC(F)(F)F)C1. The second-order valence-corrected chi connectivity index (χ2v) is 6.43. The fourth-order valence-corrected chi connectivity index (χ4v) is 3.34. The van der Waals surface area contributed by atoms with Gasteiger partial charge in [0.1, 0.15) is 11.4 Å². The van der Waals surface area contributed by atoms with Crippen molar-refractivity contribution in [3.05, 3.63) is 24.5 Å². The summed E-state index contributed by atoms with van der Waals surface area (Å²) in [5.74, 6) is -0.640. The van der Waals surface area contributed by atoms with Gasteiger partial charge in [0.2, 0.25) is 0 Å². The lowest BCUT2D eigenvalue weighted by Gasteiger charge is -2.39. The van der Waals surface area contributed by atoms with Gasteiger partial charge in [0.15, 0.2) is 0 Å². The minimum atomic E-state index is -4.28. The number of ketones is 1. The van der Waals surface area contributed by atoms with E-state index in [-0.39, 0.29) is 11.7 Å². The number of hydrazine groups is 1. The van der Waals surface area contributed by atoms with Gasteiger partial charge in [-0.15, -0.1) is 0 Å². The Balaban J connectivity index is 1.68. The van der Waals surface area contributed by atoms with Gasteiger partial charge in [-0.05, 0) is 25.0 Å². The lowest BCUT2D eigenvalue weighted by molar-refractivity contribution is -0.145. The molecule has 1 unspecified atom stereocenters. The Labute approximate surface area is 143 Å². The largest absolute Gasteiger partial charge is 0.389 e. The fourth-order valence-electron chi connectivity index (χ4n) is 3.34. The molecule has 0 amide bonds. The van der Waals surface area contributed by atoms with Gasteiger partial charge in [-0.3, -0.25) is 4.79 Å². The number of halogens is 3. The maximum absolute atomic E-state index is 12.3. The molecule has 136 valence electrons. The number of aromatic amines is 1. The van der Waals surface area contributed by atoms with Crippen LogP contribution in [-0.4, -0.2) is 47.1 Å². The third-order valence-electron chi connectivity index (χ3n) is 4.72. The minimum absolute atomic E-state index is 0.294. The lowest BCUT2D eigenvalue weighted by Crippen LogP contribution is -2.48. The normalized spacial score (nSPS) is 19.3. The highest BCUT2D eigenvalue weighted by Crippen LogP contribution is 2.29. The summed E-state index contributed by atoms with van der Waals surface area (Å²) in [7, 11) is 1.91. The molecule has 0 aliphatic carbocycles. The molecule has 2 aromatic heterocycles. The molecule has 0 aromatic carbocycles. The third kappa shape index (κ3) is 4.12. The van der Waals surface area contributed by atoms with Crippen molar-refractivity contribution in [2.75, 3.05) is 25.1 Å². The molecule has 8 heteroatoms. The molecule has 1 saturated heterocycles. The molecule has 0 radical (unpaired) electrons. The standard InChI is InChI=1S/C17H21F3N4O/c1-23(14-6-9-22-16-13(14)5-8-21-16)24-10-2-3-12(11-24)15(25)4-7-17(18,19)20/h5-6,8-9,12H,2-4,7,10-11H2,1H3,(H,21,22). The molecule has 1 aliphatic heterocycles. The van der Waals surface area contributed by atoms with Gasteiger partial charge >= 0.3 is 6.18 Å². The molecule has 0 spiro atoms. The van der Waals surface area contributed by atoms with Crippen molar-refractivity contribution in [2.24, 2.45) is 5.92 Å². The number of rotatable bonds is 5. The first kappa shape index (κ1) is 17.7. The number of H-pyrrole nitrogens is 1. The summed E-state index contributed by atoms with van der Waals surface area (Å²) in [6.45, 7) is 1.22. The average Bonchev–Trinajstić information content (AvgIpc) is 3.07. The van der Waals surface area contributed by atoms with Crippen molar-refractivity contribution in [1.82, 2.24) is 15.0 Å². The highest BCUT2D eigenvalue weighted by molar-refractivity contribution is 5.89. The molecule has 1 fully saturated rings. The van der Waals surface area contributed by atoms with Gasteiger partial charge in [-0.2, -0.15) is 13.2 Å². The van der Waals surface area contributed by atoms with Gasteiger partial charge in [0.05, 0.1) is 12.1 Å². The number of Topliss-reactive ketones (excluding diaryl/α,β-unsaturated/α-hetero) is 1. The van der Waals surface area contributed by atoms with Gasteiger partial charge in [-0.25, -0.2) is 9.99 Å². The smallest absolute Gasteiger partial charge is 0.346 e. The zero-order valence-corrected chi connectivity index (χ0v) is 14.0. The molecule has 1 aliphatic rings. The quantitative estimate of drug-likeness (QED) is 0.892.